The molecule has 4 heteroatoms. The maximum absolute atomic E-state index is 11.0. The fraction of sp³-hybridized carbons (Fsp3) is 0.429. The molecule has 1 fully saturated rings. The van der Waals surface area contributed by atoms with E-state index in [2.05, 4.69) is 11.4 Å². The van der Waals surface area contributed by atoms with Gasteiger partial charge in [0.2, 0.25) is 5.91 Å². The number of carbonyl (C=O) groups excluding carboxylic acids is 1. The van der Waals surface area contributed by atoms with Gasteiger partial charge in [0, 0.05) is 28.7 Å². The lowest BCUT2D eigenvalue weighted by Gasteiger charge is -2.16. The molecule has 3 N–H and O–H groups in total. The molecule has 1 heterocycles. The van der Waals surface area contributed by atoms with Crippen LogP contribution < -0.4 is 11.1 Å². The van der Waals surface area contributed by atoms with E-state index < -0.39 is 0 Å². The number of nitrogens with one attached hydrogen (secondary N) is 1. The Morgan fingerprint density at radius 2 is 1.88 bits per heavy atom. The summed E-state index contributed by atoms with van der Waals surface area (Å²) in [4.78, 5) is 16.0. The van der Waals surface area contributed by atoms with Gasteiger partial charge in [0.05, 0.1) is 6.42 Å². The average Bonchev–Trinajstić information content (AvgIpc) is 3.27. The van der Waals surface area contributed by atoms with Crippen LogP contribution in [0.5, 0.6) is 0 Å². The minimum atomic E-state index is -0.297. The smallest absolute Gasteiger partial charge is 0.221 e. The Kier molecular flexibility index (Phi) is 4.43. The van der Waals surface area contributed by atoms with Gasteiger partial charge in [-0.1, -0.05) is 25.0 Å². The lowest BCUT2D eigenvalue weighted by Crippen LogP contribution is -2.13. The summed E-state index contributed by atoms with van der Waals surface area (Å²) in [6.45, 7) is 0. The van der Waals surface area contributed by atoms with Crippen LogP contribution in [0.15, 0.2) is 30.3 Å². The summed E-state index contributed by atoms with van der Waals surface area (Å²) < 4.78 is 0. The minimum Gasteiger partial charge on any atom is -0.369 e. The van der Waals surface area contributed by atoms with Crippen LogP contribution in [-0.2, 0) is 24.1 Å². The van der Waals surface area contributed by atoms with Gasteiger partial charge >= 0.3 is 0 Å². The van der Waals surface area contributed by atoms with Crippen LogP contribution in [0, 0.1) is 0 Å². The predicted molar refractivity (Wildman–Crippen MR) is 100 cm³/mol. The zero-order chi connectivity index (χ0) is 17.2. The molecule has 1 saturated carbocycles. The van der Waals surface area contributed by atoms with Crippen molar-refractivity contribution in [1.82, 2.24) is 4.98 Å². The van der Waals surface area contributed by atoms with E-state index in [1.54, 1.807) is 0 Å². The van der Waals surface area contributed by atoms with Gasteiger partial charge in [-0.25, -0.2) is 0 Å². The fourth-order valence-corrected chi connectivity index (χ4v) is 4.17. The standard InChI is InChI=1S/C21H25N3O/c22-21(25)12-14-8-10-16(11-9-14)23-20-13-19(15-4-1-2-5-15)24-18-7-3-6-17(18)20/h8-11,13,15H,1-7,12H2,(H2,22,25)(H,23,24). The van der Waals surface area contributed by atoms with Crippen LogP contribution in [0.2, 0.25) is 0 Å². The van der Waals surface area contributed by atoms with Crippen molar-refractivity contribution in [3.8, 4) is 0 Å². The van der Waals surface area contributed by atoms with Gasteiger partial charge in [0.1, 0.15) is 0 Å². The molecule has 4 rings (SSSR count). The molecule has 0 radical (unpaired) electrons. The van der Waals surface area contributed by atoms with Gasteiger partial charge in [-0.3, -0.25) is 9.78 Å². The molecule has 0 bridgehead atoms. The maximum Gasteiger partial charge on any atom is 0.221 e. The highest BCUT2D eigenvalue weighted by molar-refractivity contribution is 5.77. The third-order valence-corrected chi connectivity index (χ3v) is 5.45. The molecular formula is C21H25N3O. The number of nitrogens with zero attached hydrogens (tertiary/aromatic N) is 1. The molecule has 1 amide bonds. The molecule has 0 aliphatic heterocycles. The number of aryl methyl sites for hydroxylation is 1. The summed E-state index contributed by atoms with van der Waals surface area (Å²) in [7, 11) is 0. The zero-order valence-electron chi connectivity index (χ0n) is 14.6. The number of pyridine rings is 1. The Balaban J connectivity index is 1.59. The summed E-state index contributed by atoms with van der Waals surface area (Å²) in [5, 5.41) is 3.59. The number of rotatable bonds is 5. The van der Waals surface area contributed by atoms with Crippen molar-refractivity contribution in [2.75, 3.05) is 5.32 Å². The van der Waals surface area contributed by atoms with E-state index >= 15 is 0 Å². The van der Waals surface area contributed by atoms with Crippen molar-refractivity contribution < 1.29 is 4.79 Å². The molecule has 0 spiro atoms. The van der Waals surface area contributed by atoms with Crippen molar-refractivity contribution in [1.29, 1.82) is 0 Å². The largest absolute Gasteiger partial charge is 0.369 e. The summed E-state index contributed by atoms with van der Waals surface area (Å²) in [6, 6.07) is 10.3. The van der Waals surface area contributed by atoms with Crippen molar-refractivity contribution in [3.05, 3.63) is 52.8 Å². The maximum atomic E-state index is 11.0. The summed E-state index contributed by atoms with van der Waals surface area (Å²) >= 11 is 0. The molecule has 0 atom stereocenters. The van der Waals surface area contributed by atoms with Gasteiger partial charge < -0.3 is 11.1 Å². The van der Waals surface area contributed by atoms with Gasteiger partial charge in [-0.2, -0.15) is 0 Å². The van der Waals surface area contributed by atoms with Gasteiger partial charge in [-0.05, 0) is 61.4 Å². The second-order valence-electron chi connectivity index (χ2n) is 7.32. The number of carbonyl (C=O) groups is 1. The molecule has 1 aromatic carbocycles. The molecule has 25 heavy (non-hydrogen) atoms. The number of fused-ring (bicyclic) bond motifs is 1. The van der Waals surface area contributed by atoms with E-state index in [0.29, 0.717) is 5.92 Å². The first kappa shape index (κ1) is 16.1. The number of primary amides is 1. The van der Waals surface area contributed by atoms with Crippen molar-refractivity contribution in [2.24, 2.45) is 5.73 Å². The van der Waals surface area contributed by atoms with Gasteiger partial charge in [0.25, 0.3) is 0 Å². The Morgan fingerprint density at radius 3 is 2.60 bits per heavy atom. The highest BCUT2D eigenvalue weighted by atomic mass is 16.1. The normalized spacial score (nSPS) is 16.8. The molecule has 130 valence electrons. The van der Waals surface area contributed by atoms with Gasteiger partial charge in [0.15, 0.2) is 0 Å². The Hall–Kier alpha value is -2.36. The van der Waals surface area contributed by atoms with Crippen LogP contribution in [0.3, 0.4) is 0 Å². The van der Waals surface area contributed by atoms with Gasteiger partial charge in [-0.15, -0.1) is 0 Å². The van der Waals surface area contributed by atoms with Crippen molar-refractivity contribution >= 4 is 17.3 Å². The number of nitrogens with two attached hydrogens (primary N) is 1. The third-order valence-electron chi connectivity index (χ3n) is 5.45. The second-order valence-corrected chi connectivity index (χ2v) is 7.32. The molecule has 2 aliphatic rings. The molecular weight excluding hydrogens is 310 g/mol. The zero-order valence-corrected chi connectivity index (χ0v) is 14.6. The lowest BCUT2D eigenvalue weighted by atomic mass is 10.0. The summed E-state index contributed by atoms with van der Waals surface area (Å²) in [5.41, 5.74) is 12.4. The first-order valence-electron chi connectivity index (χ1n) is 9.36. The first-order chi connectivity index (χ1) is 12.2. The van der Waals surface area contributed by atoms with Crippen LogP contribution >= 0.6 is 0 Å². The van der Waals surface area contributed by atoms with Crippen molar-refractivity contribution in [3.63, 3.8) is 0 Å². The number of hydrogen-bond acceptors (Lipinski definition) is 3. The molecule has 4 nitrogen and oxygen atoms in total. The number of benzene rings is 1. The Labute approximate surface area is 148 Å². The van der Waals surface area contributed by atoms with Crippen LogP contribution in [-0.4, -0.2) is 10.9 Å². The summed E-state index contributed by atoms with van der Waals surface area (Å²) in [6.07, 6.45) is 8.89. The van der Waals surface area contributed by atoms with Crippen LogP contribution in [0.4, 0.5) is 11.4 Å². The number of aromatic nitrogens is 1. The molecule has 2 aromatic rings. The lowest BCUT2D eigenvalue weighted by molar-refractivity contribution is -0.117. The molecule has 0 unspecified atom stereocenters. The number of amides is 1. The second kappa shape index (κ2) is 6.87. The van der Waals surface area contributed by atoms with E-state index in [4.69, 9.17) is 10.7 Å². The topological polar surface area (TPSA) is 68.0 Å². The Bertz CT molecular complexity index is 776. The van der Waals surface area contributed by atoms with E-state index in [9.17, 15) is 4.79 Å². The molecule has 2 aliphatic carbocycles. The van der Waals surface area contributed by atoms with E-state index in [0.717, 1.165) is 24.1 Å². The van der Waals surface area contributed by atoms with E-state index in [1.165, 1.54) is 54.7 Å². The van der Waals surface area contributed by atoms with Crippen LogP contribution in [0.25, 0.3) is 0 Å². The molecule has 1 aromatic heterocycles. The third kappa shape index (κ3) is 3.53. The average molecular weight is 335 g/mol. The number of anilines is 2. The predicted octanol–water partition coefficient (Wildman–Crippen LogP) is 4.00. The fourth-order valence-electron chi connectivity index (χ4n) is 4.17. The summed E-state index contributed by atoms with van der Waals surface area (Å²) in [5.74, 6) is 0.332. The van der Waals surface area contributed by atoms with E-state index in [-0.39, 0.29) is 12.3 Å². The highest BCUT2D eigenvalue weighted by Gasteiger charge is 2.23. The first-order valence-corrected chi connectivity index (χ1v) is 9.36. The minimum absolute atomic E-state index is 0.288. The monoisotopic (exact) mass is 335 g/mol. The molecule has 0 saturated heterocycles. The van der Waals surface area contributed by atoms with Crippen LogP contribution in [0.1, 0.15) is 60.5 Å². The highest BCUT2D eigenvalue weighted by Crippen LogP contribution is 2.38. The Morgan fingerprint density at radius 1 is 1.12 bits per heavy atom. The SMILES string of the molecule is NC(=O)Cc1ccc(Nc2cc(C3CCCC3)nc3c2CCC3)cc1. The number of hydrogen-bond donors (Lipinski definition) is 2. The quantitative estimate of drug-likeness (QED) is 0.868. The van der Waals surface area contributed by atoms with Crippen molar-refractivity contribution in [2.45, 2.75) is 57.3 Å². The van der Waals surface area contributed by atoms with E-state index in [1.807, 2.05) is 24.3 Å².